The number of hydrogen-bond acceptors (Lipinski definition) is 2. The number of rotatable bonds is 8. The maximum absolute atomic E-state index is 13.6. The highest BCUT2D eigenvalue weighted by Gasteiger charge is 2.36. The fourth-order valence-corrected chi connectivity index (χ4v) is 3.18. The van der Waals surface area contributed by atoms with Crippen LogP contribution in [-0.2, 0) is 11.3 Å². The van der Waals surface area contributed by atoms with E-state index in [0.29, 0.717) is 16.4 Å². The molecule has 0 saturated heterocycles. The standard InChI is InChI=1S/C18H27BrFN3O.HI/c1-3-21-17(22-12-14-5-6-15(19)16(20)11-14)23-13-18(7-4-8-18)9-10-24-2;/h5-6,11H,3-4,7-10,12-13H2,1-2H3,(H2,21,22,23);1H. The Hall–Kier alpha value is -0.410. The van der Waals surface area contributed by atoms with Gasteiger partial charge in [-0.1, -0.05) is 12.5 Å². The lowest BCUT2D eigenvalue weighted by Crippen LogP contribution is -2.46. The first-order chi connectivity index (χ1) is 11.6. The number of guanidine groups is 1. The van der Waals surface area contributed by atoms with Crippen LogP contribution >= 0.6 is 39.9 Å². The zero-order chi connectivity index (χ0) is 17.4. The molecule has 1 saturated carbocycles. The minimum atomic E-state index is -0.256. The number of nitrogens with one attached hydrogen (secondary N) is 2. The highest BCUT2D eigenvalue weighted by molar-refractivity contribution is 14.0. The summed E-state index contributed by atoms with van der Waals surface area (Å²) in [7, 11) is 1.75. The third-order valence-electron chi connectivity index (χ3n) is 4.63. The van der Waals surface area contributed by atoms with Gasteiger partial charge in [0, 0.05) is 26.8 Å². The Balaban J connectivity index is 0.00000312. The molecule has 0 aliphatic heterocycles. The van der Waals surface area contributed by atoms with Crippen molar-refractivity contribution in [1.82, 2.24) is 10.6 Å². The Morgan fingerprint density at radius 1 is 1.36 bits per heavy atom. The summed E-state index contributed by atoms with van der Waals surface area (Å²) in [6.07, 6.45) is 4.84. The van der Waals surface area contributed by atoms with Crippen molar-refractivity contribution in [2.75, 3.05) is 26.8 Å². The second-order valence-corrected chi connectivity index (χ2v) is 7.25. The average molecular weight is 528 g/mol. The molecule has 25 heavy (non-hydrogen) atoms. The summed E-state index contributed by atoms with van der Waals surface area (Å²) < 4.78 is 19.3. The topological polar surface area (TPSA) is 45.7 Å². The van der Waals surface area contributed by atoms with E-state index in [4.69, 9.17) is 4.74 Å². The zero-order valence-corrected chi connectivity index (χ0v) is 18.8. The summed E-state index contributed by atoms with van der Waals surface area (Å²) in [5.74, 6) is 0.526. The largest absolute Gasteiger partial charge is 0.385 e. The fraction of sp³-hybridized carbons (Fsp3) is 0.611. The number of aliphatic imine (C=N–C) groups is 1. The van der Waals surface area contributed by atoms with Crippen molar-refractivity contribution >= 4 is 45.9 Å². The molecule has 0 bridgehead atoms. The molecule has 4 nitrogen and oxygen atoms in total. The monoisotopic (exact) mass is 527 g/mol. The molecule has 0 amide bonds. The molecular formula is C18H28BrFIN3O. The van der Waals surface area contributed by atoms with Gasteiger partial charge in [0.05, 0.1) is 11.0 Å². The smallest absolute Gasteiger partial charge is 0.191 e. The van der Waals surface area contributed by atoms with Gasteiger partial charge in [-0.15, -0.1) is 24.0 Å². The molecule has 0 unspecified atom stereocenters. The van der Waals surface area contributed by atoms with Crippen molar-refractivity contribution in [2.24, 2.45) is 10.4 Å². The summed E-state index contributed by atoms with van der Waals surface area (Å²) in [5, 5.41) is 6.71. The number of hydrogen-bond donors (Lipinski definition) is 2. The zero-order valence-electron chi connectivity index (χ0n) is 14.9. The van der Waals surface area contributed by atoms with Gasteiger partial charge in [0.15, 0.2) is 5.96 Å². The number of halogens is 3. The molecule has 142 valence electrons. The van der Waals surface area contributed by atoms with Crippen molar-refractivity contribution in [2.45, 2.75) is 39.2 Å². The Morgan fingerprint density at radius 3 is 2.68 bits per heavy atom. The van der Waals surface area contributed by atoms with E-state index in [2.05, 4.69) is 31.6 Å². The van der Waals surface area contributed by atoms with E-state index in [0.717, 1.165) is 37.6 Å². The van der Waals surface area contributed by atoms with Crippen LogP contribution in [0.3, 0.4) is 0 Å². The van der Waals surface area contributed by atoms with Gasteiger partial charge >= 0.3 is 0 Å². The number of nitrogens with zero attached hydrogens (tertiary/aromatic N) is 1. The molecule has 1 aromatic rings. The van der Waals surface area contributed by atoms with Crippen molar-refractivity contribution in [3.05, 3.63) is 34.1 Å². The third-order valence-corrected chi connectivity index (χ3v) is 5.27. The van der Waals surface area contributed by atoms with E-state index in [1.165, 1.54) is 25.3 Å². The highest BCUT2D eigenvalue weighted by Crippen LogP contribution is 2.43. The number of methoxy groups -OCH3 is 1. The van der Waals surface area contributed by atoms with Gasteiger partial charge in [-0.25, -0.2) is 9.38 Å². The van der Waals surface area contributed by atoms with Crippen LogP contribution in [0, 0.1) is 11.2 Å². The molecule has 1 aromatic carbocycles. The highest BCUT2D eigenvalue weighted by atomic mass is 127. The van der Waals surface area contributed by atoms with Crippen molar-refractivity contribution in [3.8, 4) is 0 Å². The first kappa shape index (κ1) is 22.6. The van der Waals surface area contributed by atoms with Crippen LogP contribution < -0.4 is 10.6 Å². The fourth-order valence-electron chi connectivity index (χ4n) is 2.93. The Bertz CT molecular complexity index is 567. The summed E-state index contributed by atoms with van der Waals surface area (Å²) >= 11 is 3.17. The lowest BCUT2D eigenvalue weighted by molar-refractivity contribution is 0.0732. The van der Waals surface area contributed by atoms with Gasteiger partial charge in [0.25, 0.3) is 0 Å². The minimum Gasteiger partial charge on any atom is -0.385 e. The van der Waals surface area contributed by atoms with Crippen molar-refractivity contribution in [3.63, 3.8) is 0 Å². The van der Waals surface area contributed by atoms with Gasteiger partial charge in [-0.3, -0.25) is 0 Å². The van der Waals surface area contributed by atoms with Crippen LogP contribution in [0.25, 0.3) is 0 Å². The number of benzene rings is 1. The maximum atomic E-state index is 13.6. The molecule has 0 atom stereocenters. The van der Waals surface area contributed by atoms with Crippen LogP contribution in [0.2, 0.25) is 0 Å². The first-order valence-electron chi connectivity index (χ1n) is 8.53. The molecule has 2 rings (SSSR count). The minimum absolute atomic E-state index is 0. The lowest BCUT2D eigenvalue weighted by atomic mass is 9.67. The summed E-state index contributed by atoms with van der Waals surface area (Å²) in [5.41, 5.74) is 1.18. The normalized spacial score (nSPS) is 15.9. The van der Waals surface area contributed by atoms with Crippen LogP contribution in [0.15, 0.2) is 27.7 Å². The molecule has 1 aliphatic rings. The van der Waals surface area contributed by atoms with E-state index in [9.17, 15) is 4.39 Å². The molecule has 0 heterocycles. The summed E-state index contributed by atoms with van der Waals surface area (Å²) in [6.45, 7) is 4.99. The lowest BCUT2D eigenvalue weighted by Gasteiger charge is -2.42. The second-order valence-electron chi connectivity index (χ2n) is 6.39. The van der Waals surface area contributed by atoms with E-state index in [1.54, 1.807) is 13.2 Å². The Labute approximate surface area is 175 Å². The maximum Gasteiger partial charge on any atom is 0.191 e. The molecule has 1 fully saturated rings. The molecule has 0 aromatic heterocycles. The van der Waals surface area contributed by atoms with Crippen LogP contribution in [-0.4, -0.2) is 32.8 Å². The van der Waals surface area contributed by atoms with E-state index >= 15 is 0 Å². The van der Waals surface area contributed by atoms with E-state index < -0.39 is 0 Å². The van der Waals surface area contributed by atoms with E-state index in [-0.39, 0.29) is 29.8 Å². The summed E-state index contributed by atoms with van der Waals surface area (Å²) in [6, 6.07) is 5.12. The van der Waals surface area contributed by atoms with Crippen molar-refractivity contribution in [1.29, 1.82) is 0 Å². The molecule has 2 N–H and O–H groups in total. The van der Waals surface area contributed by atoms with Gasteiger partial charge in [-0.2, -0.15) is 0 Å². The van der Waals surface area contributed by atoms with Crippen molar-refractivity contribution < 1.29 is 9.13 Å². The van der Waals surface area contributed by atoms with Gasteiger partial charge in [0.2, 0.25) is 0 Å². The molecule has 7 heteroatoms. The number of ether oxygens (including phenoxy) is 1. The Kier molecular flexibility index (Phi) is 10.3. The predicted molar refractivity (Wildman–Crippen MR) is 115 cm³/mol. The van der Waals surface area contributed by atoms with Crippen LogP contribution in [0.1, 0.15) is 38.2 Å². The molecule has 0 radical (unpaired) electrons. The molecule has 0 spiro atoms. The second kappa shape index (κ2) is 11.3. The first-order valence-corrected chi connectivity index (χ1v) is 9.33. The quantitative estimate of drug-likeness (QED) is 0.298. The van der Waals surface area contributed by atoms with E-state index in [1.807, 2.05) is 13.0 Å². The third kappa shape index (κ3) is 7.02. The molecule has 1 aliphatic carbocycles. The summed E-state index contributed by atoms with van der Waals surface area (Å²) in [4.78, 5) is 4.58. The Morgan fingerprint density at radius 2 is 2.12 bits per heavy atom. The predicted octanol–water partition coefficient (Wildman–Crippen LogP) is 4.47. The average Bonchev–Trinajstić information content (AvgIpc) is 2.54. The SMILES string of the molecule is CCNC(=NCc1ccc(Br)c(F)c1)NCC1(CCOC)CCC1.I. The van der Waals surface area contributed by atoms with Gasteiger partial charge in [-0.05, 0) is 65.2 Å². The van der Waals surface area contributed by atoms with Gasteiger partial charge < -0.3 is 15.4 Å². The molecular weight excluding hydrogens is 500 g/mol. The van der Waals surface area contributed by atoms with Gasteiger partial charge in [0.1, 0.15) is 5.82 Å². The van der Waals surface area contributed by atoms with Crippen LogP contribution in [0.4, 0.5) is 4.39 Å². The van der Waals surface area contributed by atoms with Crippen LogP contribution in [0.5, 0.6) is 0 Å².